The average molecular weight is 233 g/mol. The fourth-order valence-corrected chi connectivity index (χ4v) is 2.96. The molecule has 1 saturated heterocycles. The van der Waals surface area contributed by atoms with Gasteiger partial charge in [0.05, 0.1) is 12.0 Å². The Morgan fingerprint density at radius 2 is 2.08 bits per heavy atom. The molecule has 2 rings (SSSR count). The predicted molar refractivity (Wildman–Crippen MR) is 56.8 cm³/mol. The van der Waals surface area contributed by atoms with Crippen LogP contribution in [0.2, 0.25) is 0 Å². The number of hydrogen-bond acceptors (Lipinski definition) is 6. The molecule has 0 radical (unpaired) electrons. The third-order valence-electron chi connectivity index (χ3n) is 1.23. The number of thioether (sulfide) groups is 2. The van der Waals surface area contributed by atoms with Gasteiger partial charge in [-0.2, -0.15) is 0 Å². The zero-order valence-electron chi connectivity index (χ0n) is 5.77. The maximum absolute atomic E-state index is 5.55. The first kappa shape index (κ1) is 11.7. The van der Waals surface area contributed by atoms with E-state index in [2.05, 4.69) is 5.32 Å². The van der Waals surface area contributed by atoms with Gasteiger partial charge < -0.3 is 4.74 Å². The Morgan fingerprint density at radius 1 is 1.50 bits per heavy atom. The van der Waals surface area contributed by atoms with E-state index < -0.39 is 5.24 Å². The van der Waals surface area contributed by atoms with Gasteiger partial charge in [-0.3, -0.25) is 5.32 Å². The van der Waals surface area contributed by atoms with Gasteiger partial charge in [-0.15, -0.1) is 0 Å². The first-order valence-corrected chi connectivity index (χ1v) is 5.67. The van der Waals surface area contributed by atoms with E-state index in [4.69, 9.17) is 8.92 Å². The molecule has 0 amide bonds. The molecule has 2 aliphatic rings. The van der Waals surface area contributed by atoms with Gasteiger partial charge in [-0.05, 0) is 17.9 Å². The third-order valence-corrected chi connectivity index (χ3v) is 4.06. The van der Waals surface area contributed by atoms with Crippen LogP contribution < -0.4 is 5.32 Å². The fourth-order valence-electron chi connectivity index (χ4n) is 0.626. The minimum atomic E-state index is -0.559. The monoisotopic (exact) mass is 233 g/mol. The van der Waals surface area contributed by atoms with Crippen molar-refractivity contribution in [2.24, 2.45) is 0 Å². The minimum absolute atomic E-state index is 0. The summed E-state index contributed by atoms with van der Waals surface area (Å²) in [5.74, 6) is 0. The molecule has 1 fully saturated rings. The quantitative estimate of drug-likeness (QED) is 0.340. The van der Waals surface area contributed by atoms with Crippen molar-refractivity contribution in [2.75, 3.05) is 7.05 Å². The molecule has 0 spiro atoms. The average Bonchev–Trinajstić information content (AvgIpc) is 2.59. The molecule has 0 aromatic carbocycles. The SMILES string of the molecule is CNC1(OC2SC=CS2)OS1.[NaH]. The molecule has 0 aromatic heterocycles. The molecule has 3 nitrogen and oxygen atoms in total. The van der Waals surface area contributed by atoms with E-state index in [0.29, 0.717) is 0 Å². The van der Waals surface area contributed by atoms with E-state index in [1.165, 1.54) is 12.0 Å². The number of rotatable bonds is 3. The molecule has 2 aliphatic heterocycles. The van der Waals surface area contributed by atoms with Crippen LogP contribution in [-0.4, -0.2) is 46.6 Å². The van der Waals surface area contributed by atoms with Crippen molar-refractivity contribution < 1.29 is 8.92 Å². The number of hydrogen-bond donors (Lipinski definition) is 1. The molecule has 1 unspecified atom stereocenters. The van der Waals surface area contributed by atoms with Crippen LogP contribution in [0.1, 0.15) is 0 Å². The summed E-state index contributed by atoms with van der Waals surface area (Å²) in [5, 5.41) is 6.42. The summed E-state index contributed by atoms with van der Waals surface area (Å²) < 4.78 is 10.7. The first-order valence-electron chi connectivity index (χ1n) is 3.04. The van der Waals surface area contributed by atoms with Crippen LogP contribution in [-0.2, 0) is 8.92 Å². The first-order chi connectivity index (χ1) is 5.35. The van der Waals surface area contributed by atoms with Crippen LogP contribution in [0.4, 0.5) is 0 Å². The van der Waals surface area contributed by atoms with Crippen LogP contribution in [0.5, 0.6) is 0 Å². The Kier molecular flexibility index (Phi) is 4.84. The molecular weight excluding hydrogens is 225 g/mol. The molecule has 64 valence electrons. The zero-order valence-corrected chi connectivity index (χ0v) is 8.22. The summed E-state index contributed by atoms with van der Waals surface area (Å²) in [4.78, 5) is 0. The Labute approximate surface area is 106 Å². The van der Waals surface area contributed by atoms with Crippen LogP contribution in [0.3, 0.4) is 0 Å². The molecule has 7 heteroatoms. The van der Waals surface area contributed by atoms with Gasteiger partial charge in [-0.25, -0.2) is 4.18 Å². The van der Waals surface area contributed by atoms with Crippen molar-refractivity contribution in [1.82, 2.24) is 5.32 Å². The van der Waals surface area contributed by atoms with E-state index in [1.807, 2.05) is 17.9 Å². The number of ether oxygens (including phenoxy) is 1. The van der Waals surface area contributed by atoms with E-state index >= 15 is 0 Å². The Bertz CT molecular complexity index is 180. The van der Waals surface area contributed by atoms with E-state index in [-0.39, 0.29) is 34.3 Å². The Morgan fingerprint density at radius 3 is 2.50 bits per heavy atom. The molecule has 2 heterocycles. The van der Waals surface area contributed by atoms with Crippen LogP contribution in [0, 0.1) is 0 Å². The normalized spacial score (nSPS) is 33.4. The van der Waals surface area contributed by atoms with E-state index in [0.717, 1.165) is 0 Å². The van der Waals surface area contributed by atoms with Gasteiger partial charge in [0.15, 0.2) is 4.77 Å². The molecule has 0 bridgehead atoms. The van der Waals surface area contributed by atoms with Crippen molar-refractivity contribution in [3.8, 4) is 0 Å². The number of nitrogens with one attached hydrogen (secondary N) is 1. The van der Waals surface area contributed by atoms with Crippen molar-refractivity contribution in [2.45, 2.75) is 10.0 Å². The predicted octanol–water partition coefficient (Wildman–Crippen LogP) is 1.10. The zero-order chi connectivity index (χ0) is 7.73. The molecule has 1 N–H and O–H groups in total. The van der Waals surface area contributed by atoms with Gasteiger partial charge >= 0.3 is 34.8 Å². The van der Waals surface area contributed by atoms with Crippen molar-refractivity contribution >= 4 is 65.1 Å². The second kappa shape index (κ2) is 4.95. The van der Waals surface area contributed by atoms with Gasteiger partial charge in [0.25, 0.3) is 0 Å². The summed E-state index contributed by atoms with van der Waals surface area (Å²) in [6.45, 7) is 0. The van der Waals surface area contributed by atoms with E-state index in [1.54, 1.807) is 23.5 Å². The fraction of sp³-hybridized carbons (Fsp3) is 0.600. The molecule has 0 aliphatic carbocycles. The van der Waals surface area contributed by atoms with Gasteiger partial charge in [-0.1, -0.05) is 23.5 Å². The summed E-state index contributed by atoms with van der Waals surface area (Å²) >= 11 is 4.62. The standard InChI is InChI=1S/C5H7NO2S3.Na.H/c1-6-5(8-11-5)7-4-9-2-3-10-4;;/h2-4,6H,1H3;;. The van der Waals surface area contributed by atoms with Gasteiger partial charge in [0.2, 0.25) is 0 Å². The summed E-state index contributed by atoms with van der Waals surface area (Å²) in [5.41, 5.74) is 0. The van der Waals surface area contributed by atoms with Crippen molar-refractivity contribution in [3.63, 3.8) is 0 Å². The second-order valence-electron chi connectivity index (χ2n) is 1.92. The molecule has 1 atom stereocenters. The van der Waals surface area contributed by atoms with Gasteiger partial charge in [0.1, 0.15) is 0 Å². The molecular formula is C5H8NNaO2S3. The molecule has 0 saturated carbocycles. The van der Waals surface area contributed by atoms with Crippen LogP contribution in [0.25, 0.3) is 0 Å². The van der Waals surface area contributed by atoms with Crippen molar-refractivity contribution in [1.29, 1.82) is 0 Å². The summed E-state index contributed by atoms with van der Waals surface area (Å²) in [7, 11) is 1.82. The topological polar surface area (TPSA) is 33.8 Å². The maximum atomic E-state index is 5.55. The molecule has 12 heavy (non-hydrogen) atoms. The summed E-state index contributed by atoms with van der Waals surface area (Å²) in [6.07, 6.45) is 0. The molecule has 0 aromatic rings. The van der Waals surface area contributed by atoms with Gasteiger partial charge in [0, 0.05) is 0 Å². The third kappa shape index (κ3) is 2.83. The van der Waals surface area contributed by atoms with E-state index in [9.17, 15) is 0 Å². The second-order valence-corrected chi connectivity index (χ2v) is 5.04. The van der Waals surface area contributed by atoms with Crippen LogP contribution >= 0.6 is 35.6 Å². The van der Waals surface area contributed by atoms with Crippen LogP contribution in [0.15, 0.2) is 10.8 Å². The Hall–Kier alpha value is 1.67. The van der Waals surface area contributed by atoms with Crippen molar-refractivity contribution in [3.05, 3.63) is 10.8 Å². The summed E-state index contributed by atoms with van der Waals surface area (Å²) in [6, 6.07) is 0. The Balaban J connectivity index is 0.000000720.